The summed E-state index contributed by atoms with van der Waals surface area (Å²) in [7, 11) is 0. The van der Waals surface area contributed by atoms with E-state index in [9.17, 15) is 31.1 Å². The lowest BCUT2D eigenvalue weighted by Crippen LogP contribution is -2.54. The molecule has 2 aliphatic heterocycles. The number of anilines is 2. The molecular weight excluding hydrogens is 578 g/mol. The van der Waals surface area contributed by atoms with E-state index >= 15 is 0 Å². The summed E-state index contributed by atoms with van der Waals surface area (Å²) in [4.78, 5) is 14.0. The second-order valence-electron chi connectivity index (χ2n) is 11.9. The van der Waals surface area contributed by atoms with Crippen LogP contribution in [0.3, 0.4) is 0 Å². The molecule has 240 valence electrons. The lowest BCUT2D eigenvalue weighted by molar-refractivity contribution is -0.191. The monoisotopic (exact) mass is 618 g/mol. The fraction of sp³-hybridized carbons (Fsp3) is 0.567. The fourth-order valence-electron chi connectivity index (χ4n) is 5.35. The standard InChI is InChI=1S/C16H21F3N2O2.C14H19F3N2O/c1-9(2)23-13-8-11-10(7-12(13)20)5-6-21(15(11,3)4)14(22)16(17,18)19;1-9(2)20-13-6-11-7-19(8-14(15,16)17)4-3-10(11)5-12(13)18/h7-9H,5-6,20H2,1-4H3;5-6,9H,3-4,7-8,18H2,1-2H3. The summed E-state index contributed by atoms with van der Waals surface area (Å²) in [6.07, 6.45) is -8.28. The van der Waals surface area contributed by atoms with E-state index in [1.54, 1.807) is 32.0 Å². The maximum Gasteiger partial charge on any atom is 0.471 e. The molecule has 4 N–H and O–H groups in total. The molecule has 0 radical (unpaired) electrons. The zero-order valence-corrected chi connectivity index (χ0v) is 25.2. The number of nitrogens with two attached hydrogens (primary N) is 2. The van der Waals surface area contributed by atoms with E-state index in [1.165, 1.54) is 4.90 Å². The highest BCUT2D eigenvalue weighted by Crippen LogP contribution is 2.41. The van der Waals surface area contributed by atoms with E-state index in [0.717, 1.165) is 21.6 Å². The Morgan fingerprint density at radius 3 is 1.86 bits per heavy atom. The van der Waals surface area contributed by atoms with Crippen molar-refractivity contribution in [3.63, 3.8) is 0 Å². The number of hydrogen-bond acceptors (Lipinski definition) is 6. The fourth-order valence-corrected chi connectivity index (χ4v) is 5.35. The van der Waals surface area contributed by atoms with Gasteiger partial charge < -0.3 is 25.8 Å². The molecule has 0 spiro atoms. The molecule has 0 saturated heterocycles. The molecule has 2 heterocycles. The van der Waals surface area contributed by atoms with Crippen molar-refractivity contribution in [2.45, 2.75) is 91.0 Å². The van der Waals surface area contributed by atoms with Crippen molar-refractivity contribution in [1.29, 1.82) is 0 Å². The summed E-state index contributed by atoms with van der Waals surface area (Å²) in [6, 6.07) is 6.97. The van der Waals surface area contributed by atoms with Crippen molar-refractivity contribution in [3.05, 3.63) is 46.5 Å². The molecular formula is C30H40F6N4O3. The van der Waals surface area contributed by atoms with E-state index in [2.05, 4.69) is 0 Å². The Hall–Kier alpha value is -3.35. The Bertz CT molecular complexity index is 1310. The van der Waals surface area contributed by atoms with Crippen molar-refractivity contribution in [1.82, 2.24) is 9.80 Å². The molecule has 0 fully saturated rings. The van der Waals surface area contributed by atoms with Gasteiger partial charge in [-0.2, -0.15) is 26.3 Å². The van der Waals surface area contributed by atoms with Crippen LogP contribution in [0.2, 0.25) is 0 Å². The van der Waals surface area contributed by atoms with E-state index in [1.807, 2.05) is 33.8 Å². The predicted octanol–water partition coefficient (Wildman–Crippen LogP) is 6.21. The number of carbonyl (C=O) groups is 1. The summed E-state index contributed by atoms with van der Waals surface area (Å²) < 4.78 is 87.0. The van der Waals surface area contributed by atoms with Crippen molar-refractivity contribution in [2.24, 2.45) is 0 Å². The summed E-state index contributed by atoms with van der Waals surface area (Å²) in [6.45, 7) is 10.4. The number of benzene rings is 2. The van der Waals surface area contributed by atoms with Crippen molar-refractivity contribution >= 4 is 17.3 Å². The van der Waals surface area contributed by atoms with Crippen LogP contribution in [-0.4, -0.2) is 59.9 Å². The van der Waals surface area contributed by atoms with Gasteiger partial charge in [0.1, 0.15) is 11.5 Å². The van der Waals surface area contributed by atoms with Gasteiger partial charge in [0, 0.05) is 19.6 Å². The number of carbonyl (C=O) groups excluding carboxylic acids is 1. The molecule has 4 rings (SSSR count). The van der Waals surface area contributed by atoms with Crippen molar-refractivity contribution in [2.75, 3.05) is 31.1 Å². The van der Waals surface area contributed by atoms with Crippen LogP contribution in [0.4, 0.5) is 37.7 Å². The highest BCUT2D eigenvalue weighted by molar-refractivity contribution is 5.83. The topological polar surface area (TPSA) is 94.0 Å². The summed E-state index contributed by atoms with van der Waals surface area (Å²) >= 11 is 0. The van der Waals surface area contributed by atoms with Gasteiger partial charge in [0.05, 0.1) is 35.7 Å². The number of nitrogens with zero attached hydrogens (tertiary/aromatic N) is 2. The van der Waals surface area contributed by atoms with Gasteiger partial charge in [-0.25, -0.2) is 0 Å². The zero-order chi connectivity index (χ0) is 32.5. The van der Waals surface area contributed by atoms with Crippen LogP contribution in [0.25, 0.3) is 0 Å². The maximum absolute atomic E-state index is 12.8. The molecule has 7 nitrogen and oxygen atoms in total. The molecule has 0 unspecified atom stereocenters. The highest BCUT2D eigenvalue weighted by Gasteiger charge is 2.49. The molecule has 13 heteroatoms. The Balaban J connectivity index is 0.000000238. The Labute approximate surface area is 248 Å². The molecule has 0 aliphatic carbocycles. The normalized spacial score (nSPS) is 16.7. The first-order valence-corrected chi connectivity index (χ1v) is 14.0. The van der Waals surface area contributed by atoms with Gasteiger partial charge in [-0.3, -0.25) is 9.69 Å². The predicted molar refractivity (Wildman–Crippen MR) is 153 cm³/mol. The molecule has 1 amide bonds. The number of hydrogen-bond donors (Lipinski definition) is 2. The molecule has 0 saturated carbocycles. The van der Waals surface area contributed by atoms with Crippen LogP contribution in [0.15, 0.2) is 24.3 Å². The van der Waals surface area contributed by atoms with Crippen LogP contribution in [-0.2, 0) is 29.7 Å². The number of amides is 1. The first-order valence-electron chi connectivity index (χ1n) is 14.0. The minimum absolute atomic E-state index is 0.00215. The molecule has 2 aliphatic rings. The van der Waals surface area contributed by atoms with Crippen molar-refractivity contribution in [3.8, 4) is 11.5 Å². The Morgan fingerprint density at radius 1 is 0.837 bits per heavy atom. The third-order valence-electron chi connectivity index (χ3n) is 7.21. The number of nitrogen functional groups attached to an aromatic ring is 2. The zero-order valence-electron chi connectivity index (χ0n) is 25.2. The lowest BCUT2D eigenvalue weighted by atomic mass is 9.82. The van der Waals surface area contributed by atoms with E-state index in [-0.39, 0.29) is 25.3 Å². The second kappa shape index (κ2) is 12.7. The van der Waals surface area contributed by atoms with Crippen LogP contribution in [0, 0.1) is 0 Å². The van der Waals surface area contributed by atoms with Gasteiger partial charge in [0.15, 0.2) is 0 Å². The molecule has 2 aromatic rings. The third-order valence-corrected chi connectivity index (χ3v) is 7.21. The van der Waals surface area contributed by atoms with E-state index in [0.29, 0.717) is 47.8 Å². The molecule has 43 heavy (non-hydrogen) atoms. The molecule has 0 bridgehead atoms. The lowest BCUT2D eigenvalue weighted by Gasteiger charge is -2.44. The second-order valence-corrected chi connectivity index (χ2v) is 11.9. The number of halogens is 6. The first-order chi connectivity index (χ1) is 19.7. The average molecular weight is 619 g/mol. The number of fused-ring (bicyclic) bond motifs is 2. The van der Waals surface area contributed by atoms with E-state index < -0.39 is 30.3 Å². The minimum atomic E-state index is -4.89. The summed E-state index contributed by atoms with van der Waals surface area (Å²) in [5.41, 5.74) is 15.1. The number of rotatable bonds is 5. The van der Waals surface area contributed by atoms with Gasteiger partial charge in [-0.05, 0) is 101 Å². The van der Waals surface area contributed by atoms with Crippen LogP contribution < -0.4 is 20.9 Å². The average Bonchev–Trinajstić information content (AvgIpc) is 2.83. The molecule has 2 aromatic carbocycles. The van der Waals surface area contributed by atoms with E-state index in [4.69, 9.17) is 20.9 Å². The van der Waals surface area contributed by atoms with Gasteiger partial charge in [0.2, 0.25) is 0 Å². The largest absolute Gasteiger partial charge is 0.489 e. The third kappa shape index (κ3) is 8.61. The molecule has 0 atom stereocenters. The first kappa shape index (κ1) is 34.1. The smallest absolute Gasteiger partial charge is 0.471 e. The van der Waals surface area contributed by atoms with Crippen molar-refractivity contribution < 1.29 is 40.6 Å². The SMILES string of the molecule is CC(C)Oc1cc2c(cc1N)CCN(C(=O)C(F)(F)F)C2(C)C.CC(C)Oc1cc2c(cc1N)CCN(CC(F)(F)F)C2. The van der Waals surface area contributed by atoms with Crippen LogP contribution in [0.5, 0.6) is 11.5 Å². The summed E-state index contributed by atoms with van der Waals surface area (Å²) in [5.74, 6) is -0.850. The highest BCUT2D eigenvalue weighted by atomic mass is 19.4. The van der Waals surface area contributed by atoms with Crippen LogP contribution in [0.1, 0.15) is 63.8 Å². The number of alkyl halides is 6. The Morgan fingerprint density at radius 2 is 1.35 bits per heavy atom. The maximum atomic E-state index is 12.8. The molecule has 0 aromatic heterocycles. The quantitative estimate of drug-likeness (QED) is 0.306. The van der Waals surface area contributed by atoms with Crippen LogP contribution >= 0.6 is 0 Å². The number of ether oxygens (including phenoxy) is 2. The minimum Gasteiger partial charge on any atom is -0.489 e. The van der Waals surface area contributed by atoms with Gasteiger partial charge in [-0.1, -0.05) is 0 Å². The summed E-state index contributed by atoms with van der Waals surface area (Å²) in [5, 5.41) is 0. The Kier molecular flexibility index (Phi) is 10.1. The van der Waals surface area contributed by atoms with Gasteiger partial charge in [0.25, 0.3) is 0 Å². The van der Waals surface area contributed by atoms with Gasteiger partial charge in [-0.15, -0.1) is 0 Å². The van der Waals surface area contributed by atoms with Gasteiger partial charge >= 0.3 is 18.3 Å².